The van der Waals surface area contributed by atoms with E-state index in [1.807, 2.05) is 0 Å². The van der Waals surface area contributed by atoms with Crippen molar-refractivity contribution in [2.75, 3.05) is 12.8 Å². The van der Waals surface area contributed by atoms with E-state index in [0.29, 0.717) is 12.0 Å². The number of hydrogen-bond acceptors (Lipinski definition) is 3. The van der Waals surface area contributed by atoms with Crippen LogP contribution in [0, 0.1) is 5.82 Å². The minimum atomic E-state index is -3.47. The number of sulfonamides is 1. The molecule has 0 aliphatic carbocycles. The summed E-state index contributed by atoms with van der Waals surface area (Å²) in [7, 11) is -3.47. The minimum Gasteiger partial charge on any atom is -0.465 e. The molecule has 22 heavy (non-hydrogen) atoms. The highest BCUT2D eigenvalue weighted by atomic mass is 79.9. The van der Waals surface area contributed by atoms with Gasteiger partial charge in [-0.2, -0.15) is 0 Å². The first-order valence-electron chi connectivity index (χ1n) is 6.59. The Balaban J connectivity index is 2.28. The fourth-order valence-corrected chi connectivity index (χ4v) is 3.92. The van der Waals surface area contributed by atoms with Crippen LogP contribution in [0.25, 0.3) is 0 Å². The Bertz CT molecular complexity index is 683. The molecule has 0 spiro atoms. The molecule has 0 bridgehead atoms. The Morgan fingerprint density at radius 1 is 1.55 bits per heavy atom. The molecule has 6 nitrogen and oxygen atoms in total. The van der Waals surface area contributed by atoms with E-state index in [4.69, 9.17) is 0 Å². The van der Waals surface area contributed by atoms with Gasteiger partial charge in [0.1, 0.15) is 5.82 Å². The van der Waals surface area contributed by atoms with E-state index in [0.717, 1.165) is 11.2 Å². The maximum absolute atomic E-state index is 14.1. The van der Waals surface area contributed by atoms with Crippen LogP contribution >= 0.6 is 15.9 Å². The third kappa shape index (κ3) is 3.96. The van der Waals surface area contributed by atoms with Crippen molar-refractivity contribution in [1.29, 1.82) is 0 Å². The summed E-state index contributed by atoms with van der Waals surface area (Å²) < 4.78 is 39.7. The van der Waals surface area contributed by atoms with Crippen molar-refractivity contribution in [3.63, 3.8) is 0 Å². The molecule has 2 N–H and O–H groups in total. The zero-order valence-electron chi connectivity index (χ0n) is 11.8. The average molecular weight is 395 g/mol. The molecule has 1 saturated heterocycles. The van der Waals surface area contributed by atoms with Crippen LogP contribution in [0.15, 0.2) is 22.7 Å². The van der Waals surface area contributed by atoms with Crippen LogP contribution in [0.1, 0.15) is 12.0 Å². The Labute approximate surface area is 136 Å². The van der Waals surface area contributed by atoms with E-state index in [9.17, 15) is 22.7 Å². The third-order valence-corrected chi connectivity index (χ3v) is 4.96. The SMILES string of the molecule is CS(=O)(=O)NC1CCN(C(=O)O)C1Cc1cccc(Br)c1F. The van der Waals surface area contributed by atoms with Gasteiger partial charge in [0.15, 0.2) is 0 Å². The lowest BCUT2D eigenvalue weighted by molar-refractivity contribution is 0.137. The summed E-state index contributed by atoms with van der Waals surface area (Å²) in [5, 5.41) is 9.25. The first-order chi connectivity index (χ1) is 10.2. The number of benzene rings is 1. The molecule has 2 unspecified atom stereocenters. The van der Waals surface area contributed by atoms with Crippen LogP contribution in [0.4, 0.5) is 9.18 Å². The lowest BCUT2D eigenvalue weighted by Crippen LogP contribution is -2.47. The third-order valence-electron chi connectivity index (χ3n) is 3.62. The Morgan fingerprint density at radius 2 is 2.23 bits per heavy atom. The molecule has 2 rings (SSSR count). The largest absolute Gasteiger partial charge is 0.465 e. The van der Waals surface area contributed by atoms with Crippen molar-refractivity contribution in [2.45, 2.75) is 24.9 Å². The number of carbonyl (C=O) groups is 1. The molecular formula is C13H16BrFN2O4S. The quantitative estimate of drug-likeness (QED) is 0.814. The first kappa shape index (κ1) is 17.2. The number of nitrogens with zero attached hydrogens (tertiary/aromatic N) is 1. The molecule has 1 amide bonds. The molecule has 1 aromatic rings. The smallest absolute Gasteiger partial charge is 0.407 e. The zero-order chi connectivity index (χ0) is 16.5. The number of likely N-dealkylation sites (tertiary alicyclic amines) is 1. The molecule has 1 aromatic carbocycles. The highest BCUT2D eigenvalue weighted by molar-refractivity contribution is 9.10. The van der Waals surface area contributed by atoms with E-state index in [1.165, 1.54) is 0 Å². The van der Waals surface area contributed by atoms with Gasteiger partial charge in [0.05, 0.1) is 16.8 Å². The van der Waals surface area contributed by atoms with Gasteiger partial charge in [-0.15, -0.1) is 0 Å². The van der Waals surface area contributed by atoms with Gasteiger partial charge in [0.2, 0.25) is 10.0 Å². The van der Waals surface area contributed by atoms with E-state index >= 15 is 0 Å². The molecule has 1 heterocycles. The first-order valence-corrected chi connectivity index (χ1v) is 9.27. The van der Waals surface area contributed by atoms with E-state index < -0.39 is 34.0 Å². The number of hydrogen-bond donors (Lipinski definition) is 2. The highest BCUT2D eigenvalue weighted by Gasteiger charge is 2.38. The predicted octanol–water partition coefficient (Wildman–Crippen LogP) is 1.80. The molecule has 2 atom stereocenters. The van der Waals surface area contributed by atoms with Gasteiger partial charge >= 0.3 is 6.09 Å². The summed E-state index contributed by atoms with van der Waals surface area (Å²) >= 11 is 3.09. The van der Waals surface area contributed by atoms with E-state index in [2.05, 4.69) is 20.7 Å². The van der Waals surface area contributed by atoms with Crippen LogP contribution < -0.4 is 4.72 Å². The second-order valence-corrected chi connectivity index (χ2v) is 7.88. The van der Waals surface area contributed by atoms with Crippen molar-refractivity contribution < 1.29 is 22.7 Å². The average Bonchev–Trinajstić information content (AvgIpc) is 2.76. The molecule has 1 aliphatic rings. The maximum Gasteiger partial charge on any atom is 0.407 e. The Kier molecular flexibility index (Phi) is 5.08. The highest BCUT2D eigenvalue weighted by Crippen LogP contribution is 2.26. The number of rotatable bonds is 4. The monoisotopic (exact) mass is 394 g/mol. The van der Waals surface area contributed by atoms with Crippen molar-refractivity contribution in [3.05, 3.63) is 34.1 Å². The van der Waals surface area contributed by atoms with Crippen LogP contribution in [-0.2, 0) is 16.4 Å². The summed E-state index contributed by atoms with van der Waals surface area (Å²) in [6.07, 6.45) is 0.343. The fourth-order valence-electron chi connectivity index (χ4n) is 2.69. The normalized spacial score (nSPS) is 22.0. The fraction of sp³-hybridized carbons (Fsp3) is 0.462. The number of nitrogens with one attached hydrogen (secondary N) is 1. The van der Waals surface area contributed by atoms with Gasteiger partial charge in [0, 0.05) is 12.6 Å². The van der Waals surface area contributed by atoms with E-state index in [1.54, 1.807) is 18.2 Å². The second-order valence-electron chi connectivity index (χ2n) is 5.25. The molecule has 0 radical (unpaired) electrons. The zero-order valence-corrected chi connectivity index (χ0v) is 14.2. The van der Waals surface area contributed by atoms with Gasteiger partial charge < -0.3 is 10.0 Å². The van der Waals surface area contributed by atoms with Gasteiger partial charge in [-0.25, -0.2) is 22.3 Å². The Hall–Kier alpha value is -1.19. The van der Waals surface area contributed by atoms with Crippen LogP contribution in [0.2, 0.25) is 0 Å². The van der Waals surface area contributed by atoms with Crippen LogP contribution in [-0.4, -0.2) is 49.4 Å². The summed E-state index contributed by atoms with van der Waals surface area (Å²) in [5.41, 5.74) is 0.341. The molecule has 0 saturated carbocycles. The molecule has 122 valence electrons. The second kappa shape index (κ2) is 6.51. The number of halogens is 2. The van der Waals surface area contributed by atoms with Crippen LogP contribution in [0.3, 0.4) is 0 Å². The molecule has 0 aromatic heterocycles. The summed E-state index contributed by atoms with van der Waals surface area (Å²) in [6, 6.07) is 3.56. The standard InChI is InChI=1S/C13H16BrFN2O4S/c1-22(20,21)16-10-5-6-17(13(18)19)11(10)7-8-3-2-4-9(14)12(8)15/h2-4,10-11,16H,5-7H2,1H3,(H,18,19). The molecular weight excluding hydrogens is 379 g/mol. The van der Waals surface area contributed by atoms with Crippen LogP contribution in [0.5, 0.6) is 0 Å². The summed E-state index contributed by atoms with van der Waals surface area (Å²) in [6.45, 7) is 0.211. The minimum absolute atomic E-state index is 0.102. The molecule has 1 fully saturated rings. The van der Waals surface area contributed by atoms with Crippen molar-refractivity contribution >= 4 is 32.0 Å². The topological polar surface area (TPSA) is 86.7 Å². The lowest BCUT2D eigenvalue weighted by Gasteiger charge is -2.26. The summed E-state index contributed by atoms with van der Waals surface area (Å²) in [5.74, 6) is -0.460. The van der Waals surface area contributed by atoms with E-state index in [-0.39, 0.29) is 17.4 Å². The van der Waals surface area contributed by atoms with Gasteiger partial charge in [0.25, 0.3) is 0 Å². The molecule has 1 aliphatic heterocycles. The number of amides is 1. The maximum atomic E-state index is 14.1. The van der Waals surface area contributed by atoms with Gasteiger partial charge in [-0.1, -0.05) is 12.1 Å². The lowest BCUT2D eigenvalue weighted by atomic mass is 10.0. The van der Waals surface area contributed by atoms with Crippen molar-refractivity contribution in [1.82, 2.24) is 9.62 Å². The predicted molar refractivity (Wildman–Crippen MR) is 82.7 cm³/mol. The molecule has 9 heteroatoms. The van der Waals surface area contributed by atoms with Crippen molar-refractivity contribution in [3.8, 4) is 0 Å². The van der Waals surface area contributed by atoms with Gasteiger partial charge in [-0.3, -0.25) is 0 Å². The van der Waals surface area contributed by atoms with Gasteiger partial charge in [-0.05, 0) is 40.4 Å². The van der Waals surface area contributed by atoms with Crippen molar-refractivity contribution in [2.24, 2.45) is 0 Å². The Morgan fingerprint density at radius 3 is 2.82 bits per heavy atom. The summed E-state index contributed by atoms with van der Waals surface area (Å²) in [4.78, 5) is 12.5. The number of carboxylic acid groups (broad SMARTS) is 1.